The van der Waals surface area contributed by atoms with Crippen molar-refractivity contribution < 1.29 is 9.59 Å². The molecule has 1 aromatic carbocycles. The Labute approximate surface area is 146 Å². The third-order valence-electron chi connectivity index (χ3n) is 4.93. The fourth-order valence-electron chi connectivity index (χ4n) is 3.58. The Morgan fingerprint density at radius 3 is 2.84 bits per heavy atom. The number of anilines is 1. The number of nitrogens with one attached hydrogen (secondary N) is 2. The second kappa shape index (κ2) is 6.52. The van der Waals surface area contributed by atoms with Crippen molar-refractivity contribution in [1.29, 1.82) is 0 Å². The number of piperidine rings is 1. The van der Waals surface area contributed by atoms with Crippen LogP contribution in [0.5, 0.6) is 0 Å². The van der Waals surface area contributed by atoms with E-state index in [9.17, 15) is 9.59 Å². The lowest BCUT2D eigenvalue weighted by Crippen LogP contribution is -2.47. The van der Waals surface area contributed by atoms with Gasteiger partial charge in [-0.3, -0.25) is 9.59 Å². The van der Waals surface area contributed by atoms with Crippen LogP contribution in [-0.2, 0) is 4.79 Å². The molecule has 25 heavy (non-hydrogen) atoms. The lowest BCUT2D eigenvalue weighted by molar-refractivity contribution is -0.116. The molecule has 0 saturated carbocycles. The number of nitrogens with two attached hydrogens (primary N) is 1. The Kier molecular flexibility index (Phi) is 4.41. The Balaban J connectivity index is 2.01. The van der Waals surface area contributed by atoms with Crippen molar-refractivity contribution in [3.8, 4) is 12.3 Å². The molecule has 1 saturated heterocycles. The summed E-state index contributed by atoms with van der Waals surface area (Å²) in [6.07, 6.45) is 7.01. The molecule has 130 valence electrons. The van der Waals surface area contributed by atoms with Crippen LogP contribution in [0.2, 0.25) is 0 Å². The van der Waals surface area contributed by atoms with E-state index in [0.717, 1.165) is 47.2 Å². The number of hydrogen-bond acceptors (Lipinski definition) is 3. The number of benzene rings is 1. The predicted octanol–water partition coefficient (Wildman–Crippen LogP) is 1.60. The molecule has 0 bridgehead atoms. The van der Waals surface area contributed by atoms with Crippen LogP contribution >= 0.6 is 0 Å². The second-order valence-electron chi connectivity index (χ2n) is 6.52. The van der Waals surface area contributed by atoms with Gasteiger partial charge in [-0.15, -0.1) is 6.42 Å². The standard InChI is InChI=1S/C19H22N4O2/c1-4-16(24)22-13-6-5-9-23(10-13)15-8-7-14(19(20)25)18-17(15)11(2)12(3)21-18/h1,7-8,13,21H,5-6,9-10H2,2-3H3,(H2,20,25)(H,22,24)/t13-/m0/s1. The van der Waals surface area contributed by atoms with Crippen LogP contribution in [0.15, 0.2) is 12.1 Å². The summed E-state index contributed by atoms with van der Waals surface area (Å²) < 4.78 is 0. The minimum Gasteiger partial charge on any atom is -0.369 e. The number of terminal acetylenes is 1. The number of aromatic amines is 1. The minimum absolute atomic E-state index is 0.0171. The van der Waals surface area contributed by atoms with E-state index in [1.165, 1.54) is 0 Å². The zero-order chi connectivity index (χ0) is 18.1. The zero-order valence-corrected chi connectivity index (χ0v) is 14.5. The topological polar surface area (TPSA) is 91.2 Å². The number of hydrogen-bond donors (Lipinski definition) is 3. The maximum absolute atomic E-state index is 11.8. The Morgan fingerprint density at radius 2 is 2.16 bits per heavy atom. The number of carbonyl (C=O) groups excluding carboxylic acids is 2. The third kappa shape index (κ3) is 3.05. The highest BCUT2D eigenvalue weighted by atomic mass is 16.1. The van der Waals surface area contributed by atoms with Crippen molar-refractivity contribution >= 4 is 28.4 Å². The molecule has 2 heterocycles. The SMILES string of the molecule is C#CC(=O)N[C@H]1CCCN(c2ccc(C(N)=O)c3[nH]c(C)c(C)c23)C1. The molecule has 4 N–H and O–H groups in total. The number of nitrogens with zero attached hydrogens (tertiary/aromatic N) is 1. The molecule has 0 unspecified atom stereocenters. The molecule has 1 fully saturated rings. The van der Waals surface area contributed by atoms with Crippen LogP contribution in [-0.4, -0.2) is 35.9 Å². The molecule has 0 spiro atoms. The van der Waals surface area contributed by atoms with E-state index in [1.54, 1.807) is 6.07 Å². The average Bonchev–Trinajstić information content (AvgIpc) is 2.89. The molecule has 6 heteroatoms. The number of fused-ring (bicyclic) bond motifs is 1. The molecule has 0 aliphatic carbocycles. The highest BCUT2D eigenvalue weighted by Gasteiger charge is 2.24. The molecular weight excluding hydrogens is 316 g/mol. The zero-order valence-electron chi connectivity index (χ0n) is 14.5. The summed E-state index contributed by atoms with van der Waals surface area (Å²) in [6.45, 7) is 5.58. The summed E-state index contributed by atoms with van der Waals surface area (Å²) in [5.41, 5.74) is 9.94. The van der Waals surface area contributed by atoms with E-state index in [2.05, 4.69) is 21.1 Å². The van der Waals surface area contributed by atoms with E-state index in [0.29, 0.717) is 12.1 Å². The Hall–Kier alpha value is -2.94. The van der Waals surface area contributed by atoms with E-state index in [1.807, 2.05) is 19.9 Å². The van der Waals surface area contributed by atoms with E-state index >= 15 is 0 Å². The maximum atomic E-state index is 11.8. The van der Waals surface area contributed by atoms with Crippen LogP contribution in [0.1, 0.15) is 34.5 Å². The quantitative estimate of drug-likeness (QED) is 0.743. The summed E-state index contributed by atoms with van der Waals surface area (Å²) in [4.78, 5) is 28.8. The van der Waals surface area contributed by atoms with Gasteiger partial charge in [0.2, 0.25) is 0 Å². The van der Waals surface area contributed by atoms with Gasteiger partial charge in [0.15, 0.2) is 0 Å². The number of aryl methyl sites for hydroxylation is 2. The first kappa shape index (κ1) is 16.9. The monoisotopic (exact) mass is 338 g/mol. The summed E-state index contributed by atoms with van der Waals surface area (Å²) in [5, 5.41) is 3.88. The first-order valence-electron chi connectivity index (χ1n) is 8.36. The van der Waals surface area contributed by atoms with Crippen LogP contribution in [0, 0.1) is 26.2 Å². The van der Waals surface area contributed by atoms with Gasteiger partial charge in [0.1, 0.15) is 0 Å². The van der Waals surface area contributed by atoms with Gasteiger partial charge >= 0.3 is 0 Å². The van der Waals surface area contributed by atoms with Crippen molar-refractivity contribution in [2.24, 2.45) is 5.73 Å². The molecule has 1 atom stereocenters. The highest BCUT2D eigenvalue weighted by molar-refractivity contribution is 6.10. The molecule has 1 aliphatic heterocycles. The highest BCUT2D eigenvalue weighted by Crippen LogP contribution is 2.34. The Bertz CT molecular complexity index is 891. The third-order valence-corrected chi connectivity index (χ3v) is 4.93. The molecule has 2 aromatic rings. The molecular formula is C19H22N4O2. The lowest BCUT2D eigenvalue weighted by atomic mass is 10.0. The molecule has 1 aromatic heterocycles. The molecule has 6 nitrogen and oxygen atoms in total. The number of H-pyrrole nitrogens is 1. The molecule has 3 rings (SSSR count). The maximum Gasteiger partial charge on any atom is 0.295 e. The first-order valence-corrected chi connectivity index (χ1v) is 8.36. The average molecular weight is 338 g/mol. The van der Waals surface area contributed by atoms with Gasteiger partial charge in [-0.05, 0) is 50.3 Å². The molecule has 0 radical (unpaired) electrons. The number of carbonyl (C=O) groups is 2. The smallest absolute Gasteiger partial charge is 0.295 e. The summed E-state index contributed by atoms with van der Waals surface area (Å²) in [5.74, 6) is 1.28. The number of rotatable bonds is 3. The fourth-order valence-corrected chi connectivity index (χ4v) is 3.58. The van der Waals surface area contributed by atoms with Gasteiger partial charge in [-0.2, -0.15) is 0 Å². The molecule has 2 amide bonds. The normalized spacial score (nSPS) is 17.3. The minimum atomic E-state index is -0.449. The van der Waals surface area contributed by atoms with Crippen molar-refractivity contribution in [2.75, 3.05) is 18.0 Å². The van der Waals surface area contributed by atoms with E-state index < -0.39 is 5.91 Å². The number of primary amides is 1. The van der Waals surface area contributed by atoms with Gasteiger partial charge in [0, 0.05) is 35.9 Å². The number of amides is 2. The summed E-state index contributed by atoms with van der Waals surface area (Å²) >= 11 is 0. The fraction of sp³-hybridized carbons (Fsp3) is 0.368. The second-order valence-corrected chi connectivity index (χ2v) is 6.52. The predicted molar refractivity (Wildman–Crippen MR) is 98.5 cm³/mol. The van der Waals surface area contributed by atoms with Gasteiger partial charge < -0.3 is 20.9 Å². The lowest BCUT2D eigenvalue weighted by Gasteiger charge is -2.35. The van der Waals surface area contributed by atoms with Crippen molar-refractivity contribution in [3.05, 3.63) is 29.0 Å². The van der Waals surface area contributed by atoms with Gasteiger partial charge in [0.25, 0.3) is 11.8 Å². The van der Waals surface area contributed by atoms with Gasteiger partial charge in [-0.1, -0.05) is 0 Å². The van der Waals surface area contributed by atoms with Crippen LogP contribution in [0.4, 0.5) is 5.69 Å². The van der Waals surface area contributed by atoms with Crippen molar-refractivity contribution in [1.82, 2.24) is 10.3 Å². The number of aromatic nitrogens is 1. The van der Waals surface area contributed by atoms with Crippen molar-refractivity contribution in [2.45, 2.75) is 32.7 Å². The van der Waals surface area contributed by atoms with E-state index in [-0.39, 0.29) is 11.9 Å². The van der Waals surface area contributed by atoms with Gasteiger partial charge in [0.05, 0.1) is 11.1 Å². The van der Waals surface area contributed by atoms with Gasteiger partial charge in [-0.25, -0.2) is 0 Å². The summed E-state index contributed by atoms with van der Waals surface area (Å²) in [6, 6.07) is 3.72. The molecule has 1 aliphatic rings. The van der Waals surface area contributed by atoms with E-state index in [4.69, 9.17) is 12.2 Å². The van der Waals surface area contributed by atoms with Crippen LogP contribution in [0.25, 0.3) is 10.9 Å². The largest absolute Gasteiger partial charge is 0.369 e. The van der Waals surface area contributed by atoms with Crippen LogP contribution in [0.3, 0.4) is 0 Å². The van der Waals surface area contributed by atoms with Crippen molar-refractivity contribution in [3.63, 3.8) is 0 Å². The Morgan fingerprint density at radius 1 is 1.40 bits per heavy atom. The summed E-state index contributed by atoms with van der Waals surface area (Å²) in [7, 11) is 0. The first-order chi connectivity index (χ1) is 11.9. The van der Waals surface area contributed by atoms with Crippen LogP contribution < -0.4 is 16.0 Å².